The normalized spacial score (nSPS) is 13.1. The lowest BCUT2D eigenvalue weighted by molar-refractivity contribution is -0.0481. The van der Waals surface area contributed by atoms with Crippen molar-refractivity contribution in [2.45, 2.75) is 18.8 Å². The fourth-order valence-electron chi connectivity index (χ4n) is 2.68. The minimum Gasteiger partial charge on any atom is -0.362 e. The molecule has 0 saturated carbocycles. The number of nitrogens with zero attached hydrogens (tertiary/aromatic N) is 2. The largest absolute Gasteiger partial charge is 0.362 e. The highest BCUT2D eigenvalue weighted by atomic mass is 35.5. The lowest BCUT2D eigenvalue weighted by Crippen LogP contribution is -2.48. The molecule has 3 aromatic rings. The quantitative estimate of drug-likeness (QED) is 0.558. The van der Waals surface area contributed by atoms with Crippen molar-refractivity contribution < 1.29 is 27.5 Å². The van der Waals surface area contributed by atoms with Gasteiger partial charge in [-0.2, -0.15) is 9.78 Å². The van der Waals surface area contributed by atoms with E-state index in [4.69, 9.17) is 16.7 Å². The second-order valence-electron chi connectivity index (χ2n) is 6.35. The Balaban J connectivity index is 2.16. The average Bonchev–Trinajstić information content (AvgIpc) is 2.72. The van der Waals surface area contributed by atoms with Gasteiger partial charge in [0.2, 0.25) is 6.36 Å². The van der Waals surface area contributed by atoms with Crippen LogP contribution in [-0.2, 0) is 0 Å². The van der Waals surface area contributed by atoms with Crippen molar-refractivity contribution in [2.24, 2.45) is 0 Å². The summed E-state index contributed by atoms with van der Waals surface area (Å²) in [5.41, 5.74) is -1.32. The summed E-state index contributed by atoms with van der Waals surface area (Å²) < 4.78 is 53.3. The molecule has 2 atom stereocenters. The van der Waals surface area contributed by atoms with Gasteiger partial charge < -0.3 is 10.4 Å². The van der Waals surface area contributed by atoms with E-state index in [-0.39, 0.29) is 11.4 Å². The van der Waals surface area contributed by atoms with E-state index in [1.54, 1.807) is 5.32 Å². The van der Waals surface area contributed by atoms with Crippen molar-refractivity contribution in [3.63, 3.8) is 0 Å². The third kappa shape index (κ3) is 5.09. The molecule has 1 amide bonds. The summed E-state index contributed by atoms with van der Waals surface area (Å²) >= 11 is 5.86. The van der Waals surface area contributed by atoms with Gasteiger partial charge >= 0.3 is 0 Å². The first-order chi connectivity index (χ1) is 14.7. The summed E-state index contributed by atoms with van der Waals surface area (Å²) in [5, 5.41) is 15.0. The average molecular weight is 456 g/mol. The molecule has 3 rings (SSSR count). The highest BCUT2D eigenvalue weighted by molar-refractivity contribution is 6.30. The molecule has 0 fully saturated rings. The lowest BCUT2D eigenvalue weighted by atomic mass is 10.1. The maximum absolute atomic E-state index is 13.7. The lowest BCUT2D eigenvalue weighted by Gasteiger charge is -2.18. The number of halogens is 5. The van der Waals surface area contributed by atoms with Crippen molar-refractivity contribution in [1.29, 1.82) is 0 Å². The summed E-state index contributed by atoms with van der Waals surface area (Å²) in [7, 11) is 0. The Bertz CT molecular complexity index is 1150. The van der Waals surface area contributed by atoms with Crippen LogP contribution in [0.2, 0.25) is 5.02 Å². The van der Waals surface area contributed by atoms with Gasteiger partial charge in [-0.1, -0.05) is 29.8 Å². The third-order valence-electron chi connectivity index (χ3n) is 4.21. The van der Waals surface area contributed by atoms with E-state index in [1.165, 1.54) is 36.4 Å². The predicted molar refractivity (Wildman–Crippen MR) is 105 cm³/mol. The number of hydrogen-bond acceptors (Lipinski definition) is 4. The summed E-state index contributed by atoms with van der Waals surface area (Å²) in [6.07, 6.45) is -6.50. The van der Waals surface area contributed by atoms with Crippen LogP contribution in [0.3, 0.4) is 0 Å². The second-order valence-corrected chi connectivity index (χ2v) is 6.79. The molecule has 31 heavy (non-hydrogen) atoms. The molecule has 11 heteroatoms. The predicted octanol–water partition coefficient (Wildman–Crippen LogP) is 3.34. The molecular weight excluding hydrogens is 442 g/mol. The summed E-state index contributed by atoms with van der Waals surface area (Å²) in [6, 6.07) is 9.31. The number of amides is 1. The van der Waals surface area contributed by atoms with Gasteiger partial charge in [0.1, 0.15) is 17.4 Å². The van der Waals surface area contributed by atoms with Crippen LogP contribution in [0, 0.1) is 5.82 Å². The Kier molecular flexibility index (Phi) is 6.71. The number of aliphatic hydroxyl groups excluding tert-OH is 1. The van der Waals surface area contributed by atoms with Gasteiger partial charge in [0.25, 0.3) is 17.9 Å². The number of aliphatic hydroxyl groups is 1. The molecule has 0 saturated heterocycles. The third-order valence-corrected chi connectivity index (χ3v) is 4.47. The molecule has 6 nitrogen and oxygen atoms in total. The number of carbonyl (C=O) groups is 1. The fraction of sp³-hybridized carbons (Fsp3) is 0.150. The Morgan fingerprint density at radius 1 is 1.10 bits per heavy atom. The van der Waals surface area contributed by atoms with E-state index in [0.717, 1.165) is 18.2 Å². The van der Waals surface area contributed by atoms with Gasteiger partial charge in [0.05, 0.1) is 11.4 Å². The molecule has 0 aliphatic carbocycles. The van der Waals surface area contributed by atoms with Crippen molar-refractivity contribution in [1.82, 2.24) is 15.1 Å². The van der Waals surface area contributed by atoms with Crippen molar-refractivity contribution in [3.05, 3.63) is 81.4 Å². The van der Waals surface area contributed by atoms with E-state index >= 15 is 0 Å². The molecule has 162 valence electrons. The maximum Gasteiger partial charge on any atom is 0.284 e. The van der Waals surface area contributed by atoms with Gasteiger partial charge in [0.15, 0.2) is 0 Å². The topological polar surface area (TPSA) is 84.2 Å². The Morgan fingerprint density at radius 3 is 2.35 bits per heavy atom. The highest BCUT2D eigenvalue weighted by Gasteiger charge is 2.31. The van der Waals surface area contributed by atoms with Gasteiger partial charge in [-0.05, 0) is 36.4 Å². The molecule has 0 radical (unpaired) electrons. The number of aromatic nitrogens is 2. The van der Waals surface area contributed by atoms with Crippen LogP contribution in [0.5, 0.6) is 0 Å². The van der Waals surface area contributed by atoms with Crippen LogP contribution >= 0.6 is 11.6 Å². The zero-order chi connectivity index (χ0) is 22.7. The number of carbonyl (C=O) groups excluding carboxylic acids is 1. The second kappa shape index (κ2) is 9.27. The number of hydrogen-bond donors (Lipinski definition) is 2. The monoisotopic (exact) mass is 455 g/mol. The molecule has 0 spiro atoms. The van der Waals surface area contributed by atoms with Crippen molar-refractivity contribution in [2.75, 3.05) is 0 Å². The first kappa shape index (κ1) is 22.4. The molecule has 2 unspecified atom stereocenters. The summed E-state index contributed by atoms with van der Waals surface area (Å²) in [5.74, 6) is -2.05. The van der Waals surface area contributed by atoms with E-state index in [0.29, 0.717) is 15.3 Å². The molecule has 0 aliphatic heterocycles. The van der Waals surface area contributed by atoms with Crippen LogP contribution in [0.15, 0.2) is 59.4 Å². The highest BCUT2D eigenvalue weighted by Crippen LogP contribution is 2.21. The van der Waals surface area contributed by atoms with E-state index in [2.05, 4.69) is 5.10 Å². The first-order valence-electron chi connectivity index (χ1n) is 8.75. The minimum atomic E-state index is -3.44. The van der Waals surface area contributed by atoms with Gasteiger partial charge in [-0.15, -0.1) is 0 Å². The zero-order valence-corrected chi connectivity index (χ0v) is 16.2. The number of alkyl halides is 3. The minimum absolute atomic E-state index is 0.0363. The fourth-order valence-corrected chi connectivity index (χ4v) is 2.81. The van der Waals surface area contributed by atoms with Gasteiger partial charge in [0, 0.05) is 10.6 Å². The van der Waals surface area contributed by atoms with Crippen LogP contribution in [0.25, 0.3) is 16.9 Å². The van der Waals surface area contributed by atoms with E-state index in [1.807, 2.05) is 0 Å². The number of nitrogens with one attached hydrogen (secondary N) is 1. The number of benzene rings is 2. The smallest absolute Gasteiger partial charge is 0.284 e. The molecule has 0 bridgehead atoms. The molecule has 0 aliphatic rings. The molecule has 2 N–H and O–H groups in total. The summed E-state index contributed by atoms with van der Waals surface area (Å²) in [6.45, 7) is 0. The van der Waals surface area contributed by atoms with Crippen LogP contribution in [0.4, 0.5) is 17.6 Å². The van der Waals surface area contributed by atoms with Crippen LogP contribution in [-0.4, -0.2) is 39.6 Å². The Hall–Kier alpha value is -3.24. The number of rotatable bonds is 6. The Morgan fingerprint density at radius 2 is 1.77 bits per heavy atom. The van der Waals surface area contributed by atoms with E-state index in [9.17, 15) is 27.2 Å². The van der Waals surface area contributed by atoms with Gasteiger partial charge in [-0.25, -0.2) is 17.6 Å². The maximum atomic E-state index is 13.7. The molecule has 1 heterocycles. The zero-order valence-electron chi connectivity index (χ0n) is 15.5. The summed E-state index contributed by atoms with van der Waals surface area (Å²) in [4.78, 5) is 25.3. The molecule has 1 aromatic heterocycles. The van der Waals surface area contributed by atoms with Crippen molar-refractivity contribution in [3.8, 4) is 16.9 Å². The van der Waals surface area contributed by atoms with Gasteiger partial charge in [-0.3, -0.25) is 9.59 Å². The molecular formula is C20H14ClF4N3O3. The van der Waals surface area contributed by atoms with Crippen LogP contribution < -0.4 is 10.9 Å². The molecule has 2 aromatic carbocycles. The standard InChI is InChI=1S/C20H14ClF4N3O3/c21-11-6-4-10(5-7-11)15-9-14(19(30)26-16(17(23)24)18(25)29)20(31)28(27-15)13-3-1-2-12(22)8-13/h1-9,16-18,29H,(H,26,30). The first-order valence-corrected chi connectivity index (χ1v) is 9.12. The van der Waals surface area contributed by atoms with Crippen LogP contribution in [0.1, 0.15) is 10.4 Å². The SMILES string of the molecule is O=C(NC(C(O)F)C(F)F)c1cc(-c2ccc(Cl)cc2)nn(-c2cccc(F)c2)c1=O. The van der Waals surface area contributed by atoms with Crippen molar-refractivity contribution >= 4 is 17.5 Å². The van der Waals surface area contributed by atoms with E-state index < -0.39 is 41.7 Å². The Labute approximate surface area is 177 Å².